The van der Waals surface area contributed by atoms with E-state index in [0.717, 1.165) is 30.0 Å². The monoisotopic (exact) mass is 469 g/mol. The van der Waals surface area contributed by atoms with Gasteiger partial charge in [-0.2, -0.15) is 4.99 Å². The van der Waals surface area contributed by atoms with Crippen LogP contribution in [0.4, 0.5) is 11.4 Å². The van der Waals surface area contributed by atoms with E-state index in [1.807, 2.05) is 24.0 Å². The zero-order valence-corrected chi connectivity index (χ0v) is 19.4. The van der Waals surface area contributed by atoms with Crippen molar-refractivity contribution in [3.63, 3.8) is 0 Å². The Kier molecular flexibility index (Phi) is 7.28. The Balaban J connectivity index is 1.92. The van der Waals surface area contributed by atoms with Crippen molar-refractivity contribution in [1.82, 2.24) is 0 Å². The summed E-state index contributed by atoms with van der Waals surface area (Å²) in [5, 5.41) is 8.86. The molecule has 1 aromatic rings. The van der Waals surface area contributed by atoms with E-state index in [1.54, 1.807) is 0 Å². The number of anilines is 2. The Hall–Kier alpha value is -2.11. The van der Waals surface area contributed by atoms with Gasteiger partial charge in [-0.3, -0.25) is 4.79 Å². The minimum absolute atomic E-state index is 0.00459. The number of nitrogens with zero attached hydrogens (tertiary/aromatic N) is 3. The van der Waals surface area contributed by atoms with Gasteiger partial charge in [-0.1, -0.05) is 11.8 Å². The first-order valence-corrected chi connectivity index (χ1v) is 12.8. The molecule has 2 atom stereocenters. The number of carbonyl (C=O) groups excluding carboxylic acids is 1. The number of benzene rings is 1. The second-order valence-electron chi connectivity index (χ2n) is 7.49. The van der Waals surface area contributed by atoms with Gasteiger partial charge in [0.05, 0.1) is 17.5 Å². The van der Waals surface area contributed by atoms with E-state index in [9.17, 15) is 18.0 Å². The molecule has 3 rings (SSSR count). The number of carboxylic acid groups (broad SMARTS) is 1. The lowest BCUT2D eigenvalue weighted by Crippen LogP contribution is -2.38. The molecule has 170 valence electrons. The van der Waals surface area contributed by atoms with E-state index in [2.05, 4.69) is 29.8 Å². The Labute approximate surface area is 186 Å². The lowest BCUT2D eigenvalue weighted by Gasteiger charge is -2.28. The number of rotatable bonds is 8. The van der Waals surface area contributed by atoms with Crippen molar-refractivity contribution in [1.29, 1.82) is 0 Å². The summed E-state index contributed by atoms with van der Waals surface area (Å²) in [6.07, 6.45) is 0. The van der Waals surface area contributed by atoms with Crippen molar-refractivity contribution in [2.45, 2.75) is 32.1 Å². The van der Waals surface area contributed by atoms with Gasteiger partial charge in [0.2, 0.25) is 0 Å². The average molecular weight is 470 g/mol. The van der Waals surface area contributed by atoms with Gasteiger partial charge in [0.15, 0.2) is 15.0 Å². The number of thioether (sulfide) groups is 1. The van der Waals surface area contributed by atoms with Crippen molar-refractivity contribution in [2.75, 3.05) is 47.6 Å². The Morgan fingerprint density at radius 3 is 2.58 bits per heavy atom. The highest BCUT2D eigenvalue weighted by Gasteiger charge is 2.49. The Morgan fingerprint density at radius 1 is 1.26 bits per heavy atom. The fourth-order valence-electron chi connectivity index (χ4n) is 3.91. The highest BCUT2D eigenvalue weighted by atomic mass is 32.2. The molecule has 11 heteroatoms. The van der Waals surface area contributed by atoms with Crippen LogP contribution in [0, 0.1) is 6.92 Å². The third-order valence-electron chi connectivity index (χ3n) is 5.31. The summed E-state index contributed by atoms with van der Waals surface area (Å²) in [5.74, 6) is -1.72. The number of aliphatic imine (C=N–C) groups is 1. The molecule has 0 spiro atoms. The fourth-order valence-corrected chi connectivity index (χ4v) is 7.83. The molecule has 2 aliphatic heterocycles. The van der Waals surface area contributed by atoms with Crippen molar-refractivity contribution in [3.8, 4) is 0 Å². The van der Waals surface area contributed by atoms with Crippen LogP contribution in [-0.4, -0.2) is 79.7 Å². The number of amides is 1. The molecule has 2 fully saturated rings. The van der Waals surface area contributed by atoms with Crippen molar-refractivity contribution < 1.29 is 27.9 Å². The zero-order valence-electron chi connectivity index (χ0n) is 17.8. The minimum Gasteiger partial charge on any atom is -0.480 e. The summed E-state index contributed by atoms with van der Waals surface area (Å²) in [5.41, 5.74) is 2.84. The number of hydrogen-bond donors (Lipinski definition) is 1. The predicted molar refractivity (Wildman–Crippen MR) is 122 cm³/mol. The highest BCUT2D eigenvalue weighted by molar-refractivity contribution is 8.16. The van der Waals surface area contributed by atoms with Gasteiger partial charge in [0, 0.05) is 29.7 Å². The van der Waals surface area contributed by atoms with Crippen LogP contribution in [0.3, 0.4) is 0 Å². The number of hydrogen-bond acceptors (Lipinski definition) is 7. The molecule has 2 aliphatic rings. The van der Waals surface area contributed by atoms with Crippen LogP contribution in [-0.2, 0) is 24.2 Å². The van der Waals surface area contributed by atoms with Gasteiger partial charge in [-0.05, 0) is 44.5 Å². The van der Waals surface area contributed by atoms with E-state index >= 15 is 0 Å². The quantitative estimate of drug-likeness (QED) is 0.605. The molecule has 2 saturated heterocycles. The molecule has 1 N–H and O–H groups in total. The number of fused-ring (bicyclic) bond motifs is 1. The standard InChI is InChI=1S/C20H27N3O6S2/c1-4-22(5-2)14-6-7-15(13(3)8-14)23-16-11-31(27,28)12-17(16)30-20(23)21-18(24)9-29-10-19(25)26/h6-8,16-17H,4-5,9-12H2,1-3H3,(H,25,26)/t16-,17-/m1/s1. The lowest BCUT2D eigenvalue weighted by molar-refractivity contribution is -0.143. The number of amidine groups is 1. The van der Waals surface area contributed by atoms with Crippen LogP contribution in [0.15, 0.2) is 23.2 Å². The van der Waals surface area contributed by atoms with E-state index in [-0.39, 0.29) is 22.8 Å². The zero-order chi connectivity index (χ0) is 22.8. The maximum atomic E-state index is 12.2. The number of ether oxygens (including phenoxy) is 1. The molecule has 0 unspecified atom stereocenters. The van der Waals surface area contributed by atoms with Crippen LogP contribution in [0.1, 0.15) is 19.4 Å². The van der Waals surface area contributed by atoms with Crippen LogP contribution in [0.2, 0.25) is 0 Å². The largest absolute Gasteiger partial charge is 0.480 e. The van der Waals surface area contributed by atoms with Gasteiger partial charge in [0.25, 0.3) is 5.91 Å². The summed E-state index contributed by atoms with van der Waals surface area (Å²) in [7, 11) is -3.16. The van der Waals surface area contributed by atoms with Gasteiger partial charge < -0.3 is 19.6 Å². The Morgan fingerprint density at radius 2 is 1.97 bits per heavy atom. The average Bonchev–Trinajstić information content (AvgIpc) is 3.13. The number of sulfone groups is 1. The van der Waals surface area contributed by atoms with Crippen LogP contribution in [0.5, 0.6) is 0 Å². The second kappa shape index (κ2) is 9.58. The third kappa shape index (κ3) is 5.39. The highest BCUT2D eigenvalue weighted by Crippen LogP contribution is 2.42. The molecule has 0 aliphatic carbocycles. The molecule has 31 heavy (non-hydrogen) atoms. The maximum absolute atomic E-state index is 12.2. The first-order chi connectivity index (χ1) is 14.6. The van der Waals surface area contributed by atoms with Crippen LogP contribution >= 0.6 is 11.8 Å². The van der Waals surface area contributed by atoms with Gasteiger partial charge >= 0.3 is 5.97 Å². The van der Waals surface area contributed by atoms with Gasteiger partial charge in [-0.15, -0.1) is 0 Å². The molecule has 0 saturated carbocycles. The first-order valence-electron chi connectivity index (χ1n) is 10.1. The molecular weight excluding hydrogens is 442 g/mol. The van der Waals surface area contributed by atoms with E-state index in [4.69, 9.17) is 9.84 Å². The summed E-state index contributed by atoms with van der Waals surface area (Å²) in [4.78, 5) is 31.0. The first kappa shape index (κ1) is 23.6. The summed E-state index contributed by atoms with van der Waals surface area (Å²) >= 11 is 1.28. The maximum Gasteiger partial charge on any atom is 0.329 e. The lowest BCUT2D eigenvalue weighted by atomic mass is 10.1. The number of aliphatic carboxylic acids is 1. The van der Waals surface area contributed by atoms with Gasteiger partial charge in [0.1, 0.15) is 13.2 Å². The number of carbonyl (C=O) groups is 2. The molecular formula is C20H27N3O6S2. The molecule has 1 amide bonds. The van der Waals surface area contributed by atoms with Crippen molar-refractivity contribution in [2.24, 2.45) is 4.99 Å². The second-order valence-corrected chi connectivity index (χ2v) is 10.8. The van der Waals surface area contributed by atoms with E-state index in [1.165, 1.54) is 11.8 Å². The molecule has 9 nitrogen and oxygen atoms in total. The minimum atomic E-state index is -3.16. The summed E-state index contributed by atoms with van der Waals surface area (Å²) in [6.45, 7) is 6.84. The van der Waals surface area contributed by atoms with Crippen molar-refractivity contribution in [3.05, 3.63) is 23.8 Å². The molecule has 0 radical (unpaired) electrons. The summed E-state index contributed by atoms with van der Waals surface area (Å²) < 4.78 is 29.3. The van der Waals surface area contributed by atoms with Crippen molar-refractivity contribution >= 4 is 50.0 Å². The molecule has 0 aromatic heterocycles. The fraction of sp³-hybridized carbons (Fsp3) is 0.550. The predicted octanol–water partition coefficient (Wildman–Crippen LogP) is 1.54. The topological polar surface area (TPSA) is 117 Å². The van der Waals surface area contributed by atoms with E-state index < -0.39 is 34.9 Å². The number of aryl methyl sites for hydroxylation is 1. The van der Waals surface area contributed by atoms with Gasteiger partial charge in [-0.25, -0.2) is 13.2 Å². The van der Waals surface area contributed by atoms with Crippen LogP contribution < -0.4 is 9.80 Å². The molecule has 1 aromatic carbocycles. The van der Waals surface area contributed by atoms with Crippen LogP contribution in [0.25, 0.3) is 0 Å². The smallest absolute Gasteiger partial charge is 0.329 e. The van der Waals surface area contributed by atoms with E-state index in [0.29, 0.717) is 5.17 Å². The molecule has 2 heterocycles. The third-order valence-corrected chi connectivity index (χ3v) is 8.52. The number of carboxylic acids is 1. The Bertz CT molecular complexity index is 991. The molecule has 0 bridgehead atoms. The summed E-state index contributed by atoms with van der Waals surface area (Å²) in [6, 6.07) is 5.68. The SMILES string of the molecule is CCN(CC)c1ccc(N2C(=NC(=O)COCC(=O)O)S[C@@H]3CS(=O)(=O)C[C@H]32)c(C)c1. The normalized spacial score (nSPS) is 23.2.